The quantitative estimate of drug-likeness (QED) is 0.732. The molecule has 2 aromatic carbocycles. The molecule has 0 aliphatic heterocycles. The van der Waals surface area contributed by atoms with Crippen LogP contribution in [0.1, 0.15) is 31.0 Å². The molecule has 1 atom stereocenters. The maximum atomic E-state index is 12.0. The molecule has 5 nitrogen and oxygen atoms in total. The van der Waals surface area contributed by atoms with Crippen LogP contribution in [0.4, 0.5) is 10.5 Å². The molecule has 25 heavy (non-hydrogen) atoms. The molecular formula is C19H22ClN3O2. The van der Waals surface area contributed by atoms with Crippen molar-refractivity contribution in [2.75, 3.05) is 11.9 Å². The molecule has 0 heterocycles. The fourth-order valence-corrected chi connectivity index (χ4v) is 2.52. The summed E-state index contributed by atoms with van der Waals surface area (Å²) in [4.78, 5) is 23.1. The second-order valence-corrected chi connectivity index (χ2v) is 6.24. The molecule has 2 aromatic rings. The van der Waals surface area contributed by atoms with Gasteiger partial charge in [-0.05, 0) is 48.7 Å². The lowest BCUT2D eigenvalue weighted by atomic mass is 10.1. The van der Waals surface area contributed by atoms with Gasteiger partial charge in [-0.3, -0.25) is 4.79 Å². The highest BCUT2D eigenvalue weighted by Crippen LogP contribution is 2.17. The van der Waals surface area contributed by atoms with Crippen molar-refractivity contribution in [1.82, 2.24) is 10.6 Å². The molecule has 0 spiro atoms. The van der Waals surface area contributed by atoms with Gasteiger partial charge in [0.05, 0.1) is 6.04 Å². The Balaban J connectivity index is 1.81. The van der Waals surface area contributed by atoms with Crippen molar-refractivity contribution >= 4 is 29.2 Å². The number of hydrogen-bond acceptors (Lipinski definition) is 2. The molecule has 0 fully saturated rings. The number of carbonyl (C=O) groups excluding carboxylic acids is 2. The van der Waals surface area contributed by atoms with Crippen molar-refractivity contribution < 1.29 is 9.59 Å². The SMILES string of the molecule is CC(=O)Nc1cccc(C(C)NC(=O)NCCc2ccc(Cl)cc2)c1. The number of halogens is 1. The topological polar surface area (TPSA) is 70.2 Å². The zero-order valence-electron chi connectivity index (χ0n) is 14.3. The van der Waals surface area contributed by atoms with Gasteiger partial charge in [-0.1, -0.05) is 35.9 Å². The second kappa shape index (κ2) is 9.08. The summed E-state index contributed by atoms with van der Waals surface area (Å²) in [5, 5.41) is 9.16. The highest BCUT2D eigenvalue weighted by Gasteiger charge is 2.10. The minimum absolute atomic E-state index is 0.127. The van der Waals surface area contributed by atoms with Gasteiger partial charge in [0.15, 0.2) is 0 Å². The lowest BCUT2D eigenvalue weighted by molar-refractivity contribution is -0.114. The van der Waals surface area contributed by atoms with Crippen LogP contribution in [-0.4, -0.2) is 18.5 Å². The minimum atomic E-state index is -0.230. The predicted octanol–water partition coefficient (Wildman–Crippen LogP) is 3.90. The largest absolute Gasteiger partial charge is 0.338 e. The van der Waals surface area contributed by atoms with Gasteiger partial charge in [0.25, 0.3) is 0 Å². The van der Waals surface area contributed by atoms with Crippen LogP contribution in [0.15, 0.2) is 48.5 Å². The summed E-state index contributed by atoms with van der Waals surface area (Å²) in [6.07, 6.45) is 0.733. The monoisotopic (exact) mass is 359 g/mol. The molecule has 2 rings (SSSR count). The van der Waals surface area contributed by atoms with E-state index in [-0.39, 0.29) is 18.0 Å². The van der Waals surface area contributed by atoms with E-state index in [2.05, 4.69) is 16.0 Å². The van der Waals surface area contributed by atoms with Crippen LogP contribution < -0.4 is 16.0 Å². The maximum Gasteiger partial charge on any atom is 0.315 e. The van der Waals surface area contributed by atoms with E-state index < -0.39 is 0 Å². The zero-order chi connectivity index (χ0) is 18.2. The number of rotatable bonds is 6. The lowest BCUT2D eigenvalue weighted by Gasteiger charge is -2.16. The zero-order valence-corrected chi connectivity index (χ0v) is 15.1. The van der Waals surface area contributed by atoms with E-state index in [4.69, 9.17) is 11.6 Å². The Labute approximate surface area is 152 Å². The molecule has 0 aliphatic carbocycles. The van der Waals surface area contributed by atoms with Crippen LogP contribution in [0.3, 0.4) is 0 Å². The third kappa shape index (κ3) is 6.47. The Morgan fingerprint density at radius 3 is 2.52 bits per heavy atom. The molecule has 0 radical (unpaired) electrons. The number of benzene rings is 2. The van der Waals surface area contributed by atoms with E-state index in [0.717, 1.165) is 17.5 Å². The Bertz CT molecular complexity index is 732. The summed E-state index contributed by atoms with van der Waals surface area (Å²) >= 11 is 5.85. The van der Waals surface area contributed by atoms with Gasteiger partial charge in [0.1, 0.15) is 0 Å². The number of nitrogens with one attached hydrogen (secondary N) is 3. The number of hydrogen-bond donors (Lipinski definition) is 3. The summed E-state index contributed by atoms with van der Waals surface area (Å²) in [7, 11) is 0. The molecule has 0 aliphatic rings. The van der Waals surface area contributed by atoms with E-state index in [1.165, 1.54) is 6.92 Å². The summed E-state index contributed by atoms with van der Waals surface area (Å²) in [6.45, 7) is 3.89. The molecule has 0 saturated heterocycles. The second-order valence-electron chi connectivity index (χ2n) is 5.81. The van der Waals surface area contributed by atoms with Crippen molar-refractivity contribution in [1.29, 1.82) is 0 Å². The first-order chi connectivity index (χ1) is 11.9. The minimum Gasteiger partial charge on any atom is -0.338 e. The van der Waals surface area contributed by atoms with Crippen LogP contribution in [0.25, 0.3) is 0 Å². The van der Waals surface area contributed by atoms with Gasteiger partial charge in [-0.2, -0.15) is 0 Å². The van der Waals surface area contributed by atoms with Crippen molar-refractivity contribution in [3.8, 4) is 0 Å². The third-order valence-corrected chi connectivity index (χ3v) is 3.92. The van der Waals surface area contributed by atoms with Gasteiger partial charge in [0, 0.05) is 24.2 Å². The van der Waals surface area contributed by atoms with E-state index in [1.807, 2.05) is 55.5 Å². The Hall–Kier alpha value is -2.53. The van der Waals surface area contributed by atoms with Crippen molar-refractivity contribution in [3.05, 3.63) is 64.7 Å². The van der Waals surface area contributed by atoms with Gasteiger partial charge >= 0.3 is 6.03 Å². The maximum absolute atomic E-state index is 12.0. The predicted molar refractivity (Wildman–Crippen MR) is 101 cm³/mol. The summed E-state index contributed by atoms with van der Waals surface area (Å²) < 4.78 is 0. The van der Waals surface area contributed by atoms with E-state index in [1.54, 1.807) is 0 Å². The fourth-order valence-electron chi connectivity index (χ4n) is 2.39. The molecular weight excluding hydrogens is 338 g/mol. The van der Waals surface area contributed by atoms with E-state index in [9.17, 15) is 9.59 Å². The highest BCUT2D eigenvalue weighted by molar-refractivity contribution is 6.30. The number of carbonyl (C=O) groups is 2. The molecule has 3 N–H and O–H groups in total. The van der Waals surface area contributed by atoms with Gasteiger partial charge in [-0.25, -0.2) is 4.79 Å². The van der Waals surface area contributed by atoms with Crippen LogP contribution >= 0.6 is 11.6 Å². The average Bonchev–Trinajstić information content (AvgIpc) is 2.56. The molecule has 0 bridgehead atoms. The molecule has 6 heteroatoms. The van der Waals surface area contributed by atoms with Crippen molar-refractivity contribution in [2.24, 2.45) is 0 Å². The van der Waals surface area contributed by atoms with Gasteiger partial charge in [0.2, 0.25) is 5.91 Å². The summed E-state index contributed by atoms with van der Waals surface area (Å²) in [6, 6.07) is 14.6. The summed E-state index contributed by atoms with van der Waals surface area (Å²) in [5.74, 6) is -0.127. The normalized spacial score (nSPS) is 11.5. The van der Waals surface area contributed by atoms with Crippen LogP contribution in [0, 0.1) is 0 Å². The highest BCUT2D eigenvalue weighted by atomic mass is 35.5. The van der Waals surface area contributed by atoms with Crippen molar-refractivity contribution in [2.45, 2.75) is 26.3 Å². The Morgan fingerprint density at radius 2 is 1.84 bits per heavy atom. The van der Waals surface area contributed by atoms with Gasteiger partial charge in [-0.15, -0.1) is 0 Å². The number of anilines is 1. The molecule has 3 amide bonds. The lowest BCUT2D eigenvalue weighted by Crippen LogP contribution is -2.38. The smallest absolute Gasteiger partial charge is 0.315 e. The van der Waals surface area contributed by atoms with Crippen LogP contribution in [-0.2, 0) is 11.2 Å². The molecule has 0 saturated carbocycles. The molecule has 1 unspecified atom stereocenters. The molecule has 0 aromatic heterocycles. The first-order valence-electron chi connectivity index (χ1n) is 8.10. The Morgan fingerprint density at radius 1 is 1.12 bits per heavy atom. The van der Waals surface area contributed by atoms with Crippen molar-refractivity contribution in [3.63, 3.8) is 0 Å². The molecule has 132 valence electrons. The summed E-state index contributed by atoms with van der Waals surface area (Å²) in [5.41, 5.74) is 2.74. The standard InChI is InChI=1S/C19H22ClN3O2/c1-13(16-4-3-5-18(12-16)23-14(2)24)22-19(25)21-11-10-15-6-8-17(20)9-7-15/h3-9,12-13H,10-11H2,1-2H3,(H,23,24)(H2,21,22,25). The Kier molecular flexibility index (Phi) is 6.83. The first-order valence-corrected chi connectivity index (χ1v) is 8.48. The van der Waals surface area contributed by atoms with Crippen LogP contribution in [0.5, 0.6) is 0 Å². The number of urea groups is 1. The average molecular weight is 360 g/mol. The fraction of sp³-hybridized carbons (Fsp3) is 0.263. The van der Waals surface area contributed by atoms with E-state index >= 15 is 0 Å². The van der Waals surface area contributed by atoms with Gasteiger partial charge < -0.3 is 16.0 Å². The third-order valence-electron chi connectivity index (χ3n) is 3.67. The number of amides is 3. The van der Waals surface area contributed by atoms with E-state index in [0.29, 0.717) is 17.3 Å². The van der Waals surface area contributed by atoms with Crippen LogP contribution in [0.2, 0.25) is 5.02 Å². The first kappa shape index (κ1) is 18.8.